The Hall–Kier alpha value is -0.640. The zero-order chi connectivity index (χ0) is 14.2. The summed E-state index contributed by atoms with van der Waals surface area (Å²) in [5, 5.41) is 4.46. The summed E-state index contributed by atoms with van der Waals surface area (Å²) >= 11 is 3.59. The maximum atomic E-state index is 12.6. The van der Waals surface area contributed by atoms with E-state index in [0.29, 0.717) is 12.2 Å². The maximum Gasteiger partial charge on any atom is 0.142 e. The number of carbonyl (C=O) groups excluding carboxylic acids is 1. The fourth-order valence-electron chi connectivity index (χ4n) is 3.22. The lowest BCUT2D eigenvalue weighted by Crippen LogP contribution is -2.27. The predicted molar refractivity (Wildman–Crippen MR) is 80.1 cm³/mol. The zero-order valence-corrected chi connectivity index (χ0v) is 13.9. The molecule has 1 atom stereocenters. The lowest BCUT2D eigenvalue weighted by Gasteiger charge is -2.25. The maximum absolute atomic E-state index is 12.6. The van der Waals surface area contributed by atoms with E-state index in [1.165, 1.54) is 6.42 Å². The molecule has 0 amide bonds. The van der Waals surface area contributed by atoms with Crippen molar-refractivity contribution in [3.63, 3.8) is 0 Å². The summed E-state index contributed by atoms with van der Waals surface area (Å²) in [7, 11) is 1.92. The summed E-state index contributed by atoms with van der Waals surface area (Å²) < 4.78 is 2.87. The van der Waals surface area contributed by atoms with E-state index < -0.39 is 0 Å². The number of aryl methyl sites for hydroxylation is 2. The normalized spacial score (nSPS) is 21.8. The van der Waals surface area contributed by atoms with Gasteiger partial charge in [0.2, 0.25) is 0 Å². The largest absolute Gasteiger partial charge is 0.299 e. The van der Waals surface area contributed by atoms with Crippen molar-refractivity contribution >= 4 is 21.7 Å². The molecule has 106 valence electrons. The SMILES string of the molecule is CCc1nn(C)c(CC(=O)C2CCCC2(C)C)c1Br. The molecule has 2 rings (SSSR count). The number of nitrogens with zero attached hydrogens (tertiary/aromatic N) is 2. The van der Waals surface area contributed by atoms with E-state index in [0.717, 1.165) is 35.1 Å². The van der Waals surface area contributed by atoms with E-state index in [4.69, 9.17) is 0 Å². The second-order valence-corrected chi connectivity index (χ2v) is 7.05. The van der Waals surface area contributed by atoms with E-state index >= 15 is 0 Å². The second-order valence-electron chi connectivity index (χ2n) is 6.26. The van der Waals surface area contributed by atoms with Crippen LogP contribution in [0.4, 0.5) is 0 Å². The predicted octanol–water partition coefficient (Wildman–Crippen LogP) is 3.68. The highest BCUT2D eigenvalue weighted by molar-refractivity contribution is 9.10. The van der Waals surface area contributed by atoms with Crippen LogP contribution in [0.3, 0.4) is 0 Å². The van der Waals surface area contributed by atoms with Crippen molar-refractivity contribution in [2.24, 2.45) is 18.4 Å². The number of carbonyl (C=O) groups is 1. The molecule has 0 spiro atoms. The number of ketones is 1. The summed E-state index contributed by atoms with van der Waals surface area (Å²) in [5.41, 5.74) is 2.22. The van der Waals surface area contributed by atoms with Gasteiger partial charge in [0.15, 0.2) is 0 Å². The van der Waals surface area contributed by atoms with Gasteiger partial charge in [0.1, 0.15) is 5.78 Å². The molecule has 0 radical (unpaired) electrons. The van der Waals surface area contributed by atoms with Crippen molar-refractivity contribution in [2.75, 3.05) is 0 Å². The molecule has 3 nitrogen and oxygen atoms in total. The first kappa shape index (κ1) is 14.8. The van der Waals surface area contributed by atoms with Crippen LogP contribution in [0.5, 0.6) is 0 Å². The van der Waals surface area contributed by atoms with Crippen LogP contribution in [0.1, 0.15) is 51.4 Å². The third-order valence-corrected chi connectivity index (χ3v) is 5.41. The summed E-state index contributed by atoms with van der Waals surface area (Å²) in [5.74, 6) is 0.577. The second kappa shape index (κ2) is 5.39. The van der Waals surface area contributed by atoms with Crippen molar-refractivity contribution in [2.45, 2.75) is 52.9 Å². The quantitative estimate of drug-likeness (QED) is 0.845. The first-order chi connectivity index (χ1) is 8.86. The molecule has 1 heterocycles. The molecule has 0 saturated heterocycles. The Morgan fingerprint density at radius 3 is 2.68 bits per heavy atom. The molecule has 19 heavy (non-hydrogen) atoms. The van der Waals surface area contributed by atoms with Gasteiger partial charge in [-0.1, -0.05) is 27.2 Å². The van der Waals surface area contributed by atoms with Crippen molar-refractivity contribution in [3.8, 4) is 0 Å². The number of aromatic nitrogens is 2. The lowest BCUT2D eigenvalue weighted by atomic mass is 9.78. The van der Waals surface area contributed by atoms with Crippen molar-refractivity contribution in [3.05, 3.63) is 15.9 Å². The Labute approximate surface area is 123 Å². The van der Waals surface area contributed by atoms with Crippen LogP contribution in [0.25, 0.3) is 0 Å². The molecule has 1 unspecified atom stereocenters. The van der Waals surface area contributed by atoms with Gasteiger partial charge in [-0.15, -0.1) is 0 Å². The number of halogens is 1. The summed E-state index contributed by atoms with van der Waals surface area (Å²) in [6.45, 7) is 6.52. The van der Waals surface area contributed by atoms with Gasteiger partial charge in [-0.25, -0.2) is 0 Å². The highest BCUT2D eigenvalue weighted by Crippen LogP contribution is 2.43. The van der Waals surface area contributed by atoms with Crippen LogP contribution in [-0.2, 0) is 24.7 Å². The number of hydrogen-bond acceptors (Lipinski definition) is 2. The van der Waals surface area contributed by atoms with Gasteiger partial charge in [-0.3, -0.25) is 9.48 Å². The molecular formula is C15H23BrN2O. The number of hydrogen-bond donors (Lipinski definition) is 0. The number of Topliss-reactive ketones (excluding diaryl/α,β-unsaturated/α-hetero) is 1. The smallest absolute Gasteiger partial charge is 0.142 e. The molecule has 1 aromatic heterocycles. The van der Waals surface area contributed by atoms with Gasteiger partial charge in [0.05, 0.1) is 15.9 Å². The van der Waals surface area contributed by atoms with E-state index in [1.807, 2.05) is 11.7 Å². The van der Waals surface area contributed by atoms with Crippen molar-refractivity contribution in [1.82, 2.24) is 9.78 Å². The van der Waals surface area contributed by atoms with Gasteiger partial charge < -0.3 is 0 Å². The first-order valence-corrected chi connectivity index (χ1v) is 7.89. The summed E-state index contributed by atoms with van der Waals surface area (Å²) in [6.07, 6.45) is 4.77. The molecule has 1 saturated carbocycles. The molecule has 0 N–H and O–H groups in total. The molecule has 1 fully saturated rings. The van der Waals surface area contributed by atoms with Crippen LogP contribution in [0.15, 0.2) is 4.47 Å². The van der Waals surface area contributed by atoms with E-state index in [9.17, 15) is 4.79 Å². The Morgan fingerprint density at radius 2 is 2.21 bits per heavy atom. The van der Waals surface area contributed by atoms with Crippen molar-refractivity contribution in [1.29, 1.82) is 0 Å². The Balaban J connectivity index is 2.18. The first-order valence-electron chi connectivity index (χ1n) is 7.09. The van der Waals surface area contributed by atoms with Gasteiger partial charge >= 0.3 is 0 Å². The topological polar surface area (TPSA) is 34.9 Å². The average molecular weight is 327 g/mol. The zero-order valence-electron chi connectivity index (χ0n) is 12.3. The van der Waals surface area contributed by atoms with E-state index in [2.05, 4.69) is 41.8 Å². The van der Waals surface area contributed by atoms with E-state index in [-0.39, 0.29) is 11.3 Å². The van der Waals surface area contributed by atoms with Crippen molar-refractivity contribution < 1.29 is 4.79 Å². The third-order valence-electron chi connectivity index (χ3n) is 4.49. The Kier molecular flexibility index (Phi) is 4.19. The average Bonchev–Trinajstić information content (AvgIpc) is 2.82. The Bertz CT molecular complexity index is 491. The van der Waals surface area contributed by atoms with Crippen LogP contribution < -0.4 is 0 Å². The molecule has 0 aromatic carbocycles. The lowest BCUT2D eigenvalue weighted by molar-refractivity contribution is -0.124. The molecule has 4 heteroatoms. The molecule has 0 bridgehead atoms. The molecule has 1 aliphatic carbocycles. The standard InChI is InChI=1S/C15H23BrN2O/c1-5-11-14(16)12(18(4)17-11)9-13(19)10-7-6-8-15(10,2)3/h10H,5-9H2,1-4H3. The van der Waals surface area contributed by atoms with Gasteiger partial charge in [0.25, 0.3) is 0 Å². The highest BCUT2D eigenvalue weighted by atomic mass is 79.9. The fraction of sp³-hybridized carbons (Fsp3) is 0.733. The van der Waals surface area contributed by atoms with Crippen LogP contribution in [-0.4, -0.2) is 15.6 Å². The molecule has 0 aliphatic heterocycles. The summed E-state index contributed by atoms with van der Waals surface area (Å²) in [6, 6.07) is 0. The molecule has 1 aromatic rings. The molecular weight excluding hydrogens is 304 g/mol. The molecule has 1 aliphatic rings. The Morgan fingerprint density at radius 1 is 1.53 bits per heavy atom. The minimum Gasteiger partial charge on any atom is -0.299 e. The minimum atomic E-state index is 0.162. The van der Waals surface area contributed by atoms with Crippen LogP contribution in [0.2, 0.25) is 0 Å². The van der Waals surface area contributed by atoms with Crippen LogP contribution in [0, 0.1) is 11.3 Å². The fourth-order valence-corrected chi connectivity index (χ4v) is 3.98. The van der Waals surface area contributed by atoms with Gasteiger partial charge in [-0.05, 0) is 40.6 Å². The van der Waals surface area contributed by atoms with Crippen LogP contribution >= 0.6 is 15.9 Å². The monoisotopic (exact) mass is 326 g/mol. The van der Waals surface area contributed by atoms with Gasteiger partial charge in [0, 0.05) is 19.4 Å². The van der Waals surface area contributed by atoms with E-state index in [1.54, 1.807) is 0 Å². The highest BCUT2D eigenvalue weighted by Gasteiger charge is 2.39. The van der Waals surface area contributed by atoms with Gasteiger partial charge in [-0.2, -0.15) is 5.10 Å². The summed E-state index contributed by atoms with van der Waals surface area (Å²) in [4.78, 5) is 12.6. The number of rotatable bonds is 4. The third kappa shape index (κ3) is 2.78. The minimum absolute atomic E-state index is 0.162.